The lowest BCUT2D eigenvalue weighted by Crippen LogP contribution is -2.40. The number of rotatable bonds is 5. The van der Waals surface area contributed by atoms with E-state index in [0.717, 1.165) is 0 Å². The lowest BCUT2D eigenvalue weighted by Gasteiger charge is -2.22. The van der Waals surface area contributed by atoms with Crippen LogP contribution in [0.5, 0.6) is 5.75 Å². The van der Waals surface area contributed by atoms with Crippen LogP contribution in [-0.4, -0.2) is 48.2 Å². The summed E-state index contributed by atoms with van der Waals surface area (Å²) in [5.41, 5.74) is 7.33. The molecule has 0 unspecified atom stereocenters. The third-order valence-electron chi connectivity index (χ3n) is 2.63. The predicted octanol–water partition coefficient (Wildman–Crippen LogP) is 0.304. The van der Waals surface area contributed by atoms with Crippen LogP contribution in [0.4, 0.5) is 0 Å². The summed E-state index contributed by atoms with van der Waals surface area (Å²) in [5.74, 6) is -0.224. The summed E-state index contributed by atoms with van der Waals surface area (Å²) in [6, 6.07) is 0. The first-order valence-electron chi connectivity index (χ1n) is 6.07. The highest BCUT2D eigenvalue weighted by Crippen LogP contribution is 2.23. The number of aromatic nitrogens is 1. The van der Waals surface area contributed by atoms with Crippen LogP contribution in [0.2, 0.25) is 0 Å². The molecule has 106 valence electrons. The van der Waals surface area contributed by atoms with Gasteiger partial charge >= 0.3 is 5.97 Å². The van der Waals surface area contributed by atoms with Crippen LogP contribution < -0.4 is 5.73 Å². The van der Waals surface area contributed by atoms with Gasteiger partial charge in [0.2, 0.25) is 0 Å². The van der Waals surface area contributed by atoms with Gasteiger partial charge in [0.25, 0.3) is 0 Å². The number of hydrogen-bond acceptors (Lipinski definition) is 5. The number of pyridine rings is 1. The molecule has 0 spiro atoms. The largest absolute Gasteiger partial charge is 0.506 e. The van der Waals surface area contributed by atoms with Gasteiger partial charge in [-0.1, -0.05) is 0 Å². The van der Waals surface area contributed by atoms with E-state index in [1.807, 2.05) is 21.1 Å². The number of nitrogens with two attached hydrogens (primary N) is 1. The van der Waals surface area contributed by atoms with Gasteiger partial charge in [-0.3, -0.25) is 4.98 Å². The van der Waals surface area contributed by atoms with E-state index in [4.69, 9.17) is 10.5 Å². The molecule has 0 aliphatic rings. The van der Waals surface area contributed by atoms with E-state index >= 15 is 0 Å². The summed E-state index contributed by atoms with van der Waals surface area (Å²) < 4.78 is 5.68. The molecule has 0 aromatic carbocycles. The molecule has 0 radical (unpaired) electrons. The Bertz CT molecular complexity index is 467. The summed E-state index contributed by atoms with van der Waals surface area (Å²) in [6.45, 7) is 2.23. The maximum Gasteiger partial charge on any atom is 0.362 e. The van der Waals surface area contributed by atoms with Gasteiger partial charge in [0.1, 0.15) is 12.4 Å². The average Bonchev–Trinajstić information content (AvgIpc) is 2.28. The number of hydrogen-bond donors (Lipinski definition) is 2. The molecule has 3 N–H and O–H groups in total. The lowest BCUT2D eigenvalue weighted by molar-refractivity contribution is -0.862. The minimum Gasteiger partial charge on any atom is -0.506 e. The number of carbonyl (C=O) groups is 1. The fraction of sp³-hybridized carbons (Fsp3) is 0.538. The van der Waals surface area contributed by atoms with Crippen LogP contribution in [-0.2, 0) is 22.7 Å². The Labute approximate surface area is 113 Å². The molecule has 0 fully saturated rings. The molecule has 0 aliphatic heterocycles. The average molecular weight is 268 g/mol. The first kappa shape index (κ1) is 15.4. The molecule has 0 saturated carbocycles. The number of carbonyl (C=O) groups excluding carboxylic acids is 1. The Hall–Kier alpha value is -1.66. The molecule has 1 aromatic rings. The normalized spacial score (nSPS) is 11.4. The fourth-order valence-corrected chi connectivity index (χ4v) is 1.63. The van der Waals surface area contributed by atoms with E-state index in [2.05, 4.69) is 4.98 Å². The Morgan fingerprint density at radius 1 is 1.47 bits per heavy atom. The molecule has 6 nitrogen and oxygen atoms in total. The van der Waals surface area contributed by atoms with Crippen molar-refractivity contribution in [2.24, 2.45) is 5.73 Å². The van der Waals surface area contributed by atoms with Crippen LogP contribution in [0.15, 0.2) is 6.20 Å². The van der Waals surface area contributed by atoms with Gasteiger partial charge in [-0.25, -0.2) is 4.79 Å². The molecule has 0 saturated heterocycles. The molecule has 6 heteroatoms. The lowest BCUT2D eigenvalue weighted by atomic mass is 10.1. The zero-order valence-electron chi connectivity index (χ0n) is 11.9. The SMILES string of the molecule is Cc1ncc(COC(=O)C[N+](C)(C)C)c(CN)c1O. The van der Waals surface area contributed by atoms with Gasteiger partial charge in [0.05, 0.1) is 26.8 Å². The maximum atomic E-state index is 11.6. The highest BCUT2D eigenvalue weighted by molar-refractivity contribution is 5.70. The van der Waals surface area contributed by atoms with Crippen LogP contribution in [0.25, 0.3) is 0 Å². The van der Waals surface area contributed by atoms with Gasteiger partial charge in [0.15, 0.2) is 6.54 Å². The molecular formula is C13H22N3O3+. The van der Waals surface area contributed by atoms with Crippen LogP contribution in [0, 0.1) is 6.92 Å². The number of nitrogens with zero attached hydrogens (tertiary/aromatic N) is 2. The second kappa shape index (κ2) is 5.99. The van der Waals surface area contributed by atoms with E-state index in [1.165, 1.54) is 0 Å². The van der Waals surface area contributed by atoms with E-state index < -0.39 is 0 Å². The third-order valence-corrected chi connectivity index (χ3v) is 2.63. The van der Waals surface area contributed by atoms with Crippen molar-refractivity contribution in [1.29, 1.82) is 0 Å². The summed E-state index contributed by atoms with van der Waals surface area (Å²) in [6.07, 6.45) is 1.58. The number of aryl methyl sites for hydroxylation is 1. The van der Waals surface area contributed by atoms with E-state index in [0.29, 0.717) is 21.3 Å². The second-order valence-electron chi connectivity index (χ2n) is 5.51. The molecule has 0 amide bonds. The summed E-state index contributed by atoms with van der Waals surface area (Å²) >= 11 is 0. The van der Waals surface area contributed by atoms with Crippen molar-refractivity contribution < 1.29 is 19.1 Å². The predicted molar refractivity (Wildman–Crippen MR) is 71.2 cm³/mol. The number of esters is 1. The Balaban J connectivity index is 2.73. The first-order valence-corrected chi connectivity index (χ1v) is 6.07. The highest BCUT2D eigenvalue weighted by atomic mass is 16.5. The van der Waals surface area contributed by atoms with Gasteiger partial charge in [-0.05, 0) is 6.92 Å². The van der Waals surface area contributed by atoms with Gasteiger partial charge < -0.3 is 20.1 Å². The van der Waals surface area contributed by atoms with Crippen molar-refractivity contribution in [1.82, 2.24) is 4.98 Å². The number of aromatic hydroxyl groups is 1. The molecule has 1 aromatic heterocycles. The topological polar surface area (TPSA) is 85.4 Å². The maximum absolute atomic E-state index is 11.6. The van der Waals surface area contributed by atoms with Crippen molar-refractivity contribution >= 4 is 5.97 Å². The highest BCUT2D eigenvalue weighted by Gasteiger charge is 2.17. The van der Waals surface area contributed by atoms with Crippen LogP contribution in [0.1, 0.15) is 16.8 Å². The summed E-state index contributed by atoms with van der Waals surface area (Å²) in [4.78, 5) is 15.7. The molecule has 19 heavy (non-hydrogen) atoms. The standard InChI is InChI=1S/C13H21N3O3/c1-9-13(18)11(5-14)10(6-15-9)8-19-12(17)7-16(2,3)4/h6H,5,7-8,14H2,1-4H3/p+1. The molecular weight excluding hydrogens is 246 g/mol. The second-order valence-corrected chi connectivity index (χ2v) is 5.51. The van der Waals surface area contributed by atoms with Crippen molar-refractivity contribution in [3.8, 4) is 5.75 Å². The molecule has 1 rings (SSSR count). The van der Waals surface area contributed by atoms with Crippen molar-refractivity contribution in [2.45, 2.75) is 20.1 Å². The first-order chi connectivity index (χ1) is 8.74. The Kier molecular flexibility index (Phi) is 4.85. The molecule has 1 heterocycles. The Morgan fingerprint density at radius 3 is 2.63 bits per heavy atom. The van der Waals surface area contributed by atoms with E-state index in [-0.39, 0.29) is 31.4 Å². The smallest absolute Gasteiger partial charge is 0.362 e. The van der Waals surface area contributed by atoms with Crippen molar-refractivity contribution in [3.05, 3.63) is 23.0 Å². The zero-order valence-corrected chi connectivity index (χ0v) is 11.9. The van der Waals surface area contributed by atoms with Crippen molar-refractivity contribution in [3.63, 3.8) is 0 Å². The van der Waals surface area contributed by atoms with Gasteiger partial charge in [-0.2, -0.15) is 0 Å². The zero-order chi connectivity index (χ0) is 14.6. The number of likely N-dealkylation sites (N-methyl/N-ethyl adjacent to an activating group) is 1. The number of ether oxygens (including phenoxy) is 1. The summed E-state index contributed by atoms with van der Waals surface area (Å²) in [7, 11) is 5.73. The van der Waals surface area contributed by atoms with Crippen LogP contribution in [0.3, 0.4) is 0 Å². The summed E-state index contributed by atoms with van der Waals surface area (Å²) in [5, 5.41) is 9.84. The van der Waals surface area contributed by atoms with Gasteiger partial charge in [0, 0.05) is 23.9 Å². The molecule has 0 atom stereocenters. The monoisotopic (exact) mass is 268 g/mol. The van der Waals surface area contributed by atoms with Crippen LogP contribution >= 0.6 is 0 Å². The quantitative estimate of drug-likeness (QED) is 0.593. The molecule has 0 aliphatic carbocycles. The minimum absolute atomic E-state index is 0.0719. The van der Waals surface area contributed by atoms with E-state index in [1.54, 1.807) is 13.1 Å². The van der Waals surface area contributed by atoms with Crippen molar-refractivity contribution in [2.75, 3.05) is 27.7 Å². The molecule has 0 bridgehead atoms. The third kappa shape index (κ3) is 4.50. The number of quaternary nitrogens is 1. The Morgan fingerprint density at radius 2 is 2.11 bits per heavy atom. The minimum atomic E-state index is -0.296. The van der Waals surface area contributed by atoms with E-state index in [9.17, 15) is 9.90 Å². The fourth-order valence-electron chi connectivity index (χ4n) is 1.63. The van der Waals surface area contributed by atoms with Gasteiger partial charge in [-0.15, -0.1) is 0 Å².